The van der Waals surface area contributed by atoms with E-state index in [2.05, 4.69) is 15.3 Å². The molecule has 0 aliphatic rings. The van der Waals surface area contributed by atoms with E-state index in [1.807, 2.05) is 0 Å². The lowest BCUT2D eigenvalue weighted by atomic mass is 10.2. The van der Waals surface area contributed by atoms with Gasteiger partial charge < -0.3 is 15.0 Å². The molecule has 2 aromatic rings. The number of nitrogens with one attached hydrogen (secondary N) is 1. The summed E-state index contributed by atoms with van der Waals surface area (Å²) in [6.07, 6.45) is 2.32. The zero-order chi connectivity index (χ0) is 18.9. The van der Waals surface area contributed by atoms with Gasteiger partial charge in [-0.2, -0.15) is 0 Å². The number of nitrogens with zero attached hydrogens (tertiary/aromatic N) is 3. The van der Waals surface area contributed by atoms with Crippen LogP contribution < -0.4 is 5.32 Å². The van der Waals surface area contributed by atoms with E-state index in [4.69, 9.17) is 4.74 Å². The van der Waals surface area contributed by atoms with Gasteiger partial charge >= 0.3 is 5.97 Å². The molecule has 0 radical (unpaired) electrons. The van der Waals surface area contributed by atoms with E-state index in [1.54, 1.807) is 37.6 Å². The van der Waals surface area contributed by atoms with Crippen molar-refractivity contribution < 1.29 is 18.7 Å². The Morgan fingerprint density at radius 1 is 1.27 bits per heavy atom. The quantitative estimate of drug-likeness (QED) is 0.725. The minimum Gasteiger partial charge on any atom is -0.452 e. The molecule has 8 heteroatoms. The summed E-state index contributed by atoms with van der Waals surface area (Å²) in [6.45, 7) is 2.03. The van der Waals surface area contributed by atoms with E-state index in [0.717, 1.165) is 0 Å². The fourth-order valence-electron chi connectivity index (χ4n) is 2.27. The molecule has 1 N–H and O–H groups in total. The number of carbonyl (C=O) groups is 2. The third-order valence-corrected chi connectivity index (χ3v) is 3.52. The van der Waals surface area contributed by atoms with Crippen molar-refractivity contribution in [2.45, 2.75) is 26.0 Å². The number of aromatic nitrogens is 2. The van der Waals surface area contributed by atoms with Crippen molar-refractivity contribution in [3.8, 4) is 0 Å². The summed E-state index contributed by atoms with van der Waals surface area (Å²) in [5.74, 6) is -0.813. The van der Waals surface area contributed by atoms with Gasteiger partial charge in [0, 0.05) is 32.5 Å². The lowest BCUT2D eigenvalue weighted by Gasteiger charge is -2.21. The topological polar surface area (TPSA) is 84.4 Å². The predicted octanol–water partition coefficient (Wildman–Crippen LogP) is 2.01. The number of likely N-dealkylation sites (N-methyl/N-ethyl adjacent to an activating group) is 1. The summed E-state index contributed by atoms with van der Waals surface area (Å²) in [7, 11) is 1.58. The number of ether oxygens (including phenoxy) is 1. The molecule has 0 saturated heterocycles. The van der Waals surface area contributed by atoms with Crippen LogP contribution in [-0.2, 0) is 20.9 Å². The van der Waals surface area contributed by atoms with Crippen LogP contribution in [0.3, 0.4) is 0 Å². The minimum absolute atomic E-state index is 0.0729. The zero-order valence-electron chi connectivity index (χ0n) is 14.7. The highest BCUT2D eigenvalue weighted by Gasteiger charge is 2.21. The van der Waals surface area contributed by atoms with Crippen molar-refractivity contribution >= 4 is 17.8 Å². The second-order valence-corrected chi connectivity index (χ2v) is 5.71. The molecule has 2 rings (SSSR count). The molecule has 0 spiro atoms. The molecule has 1 unspecified atom stereocenters. The van der Waals surface area contributed by atoms with Crippen LogP contribution in [0.4, 0.5) is 10.3 Å². The predicted molar refractivity (Wildman–Crippen MR) is 93.6 cm³/mol. The molecule has 1 atom stereocenters. The van der Waals surface area contributed by atoms with E-state index in [1.165, 1.54) is 24.0 Å². The fourth-order valence-corrected chi connectivity index (χ4v) is 2.27. The van der Waals surface area contributed by atoms with Crippen LogP contribution >= 0.6 is 0 Å². The monoisotopic (exact) mass is 360 g/mol. The van der Waals surface area contributed by atoms with Gasteiger partial charge in [0.2, 0.25) is 5.95 Å². The number of hydrogen-bond acceptors (Lipinski definition) is 6. The molecule has 1 aromatic heterocycles. The second kappa shape index (κ2) is 9.45. The number of hydrogen-bond donors (Lipinski definition) is 1. The van der Waals surface area contributed by atoms with Crippen molar-refractivity contribution in [1.82, 2.24) is 14.9 Å². The highest BCUT2D eigenvalue weighted by molar-refractivity contribution is 5.83. The maximum atomic E-state index is 13.2. The highest BCUT2D eigenvalue weighted by Crippen LogP contribution is 2.08. The third-order valence-electron chi connectivity index (χ3n) is 3.52. The molecule has 1 amide bonds. The van der Waals surface area contributed by atoms with Gasteiger partial charge in [0.05, 0.1) is 6.42 Å². The number of benzene rings is 1. The van der Waals surface area contributed by atoms with Crippen LogP contribution in [0.25, 0.3) is 0 Å². The van der Waals surface area contributed by atoms with Gasteiger partial charge in [-0.3, -0.25) is 9.59 Å². The van der Waals surface area contributed by atoms with Crippen LogP contribution in [0.1, 0.15) is 18.9 Å². The van der Waals surface area contributed by atoms with E-state index in [-0.39, 0.29) is 24.7 Å². The smallest absolute Gasteiger partial charge is 0.308 e. The molecule has 1 heterocycles. The van der Waals surface area contributed by atoms with Crippen molar-refractivity contribution in [3.63, 3.8) is 0 Å². The standard InChI is InChI=1S/C18H21FN4O3/c1-13(17(25)23(2)12-14-5-3-6-15(19)11-14)26-16(24)7-10-22-18-20-8-4-9-21-18/h3-6,8-9,11,13H,7,10,12H2,1-2H3,(H,20,21,22). The van der Waals surface area contributed by atoms with E-state index < -0.39 is 12.1 Å². The summed E-state index contributed by atoms with van der Waals surface area (Å²) in [4.78, 5) is 33.5. The summed E-state index contributed by atoms with van der Waals surface area (Å²) in [5, 5.41) is 2.88. The lowest BCUT2D eigenvalue weighted by Crippen LogP contribution is -2.37. The first kappa shape index (κ1) is 19.3. The van der Waals surface area contributed by atoms with Gasteiger partial charge in [0.15, 0.2) is 6.10 Å². The molecular formula is C18H21FN4O3. The van der Waals surface area contributed by atoms with E-state index in [0.29, 0.717) is 18.1 Å². The zero-order valence-corrected chi connectivity index (χ0v) is 14.7. The number of amides is 1. The Morgan fingerprint density at radius 3 is 2.69 bits per heavy atom. The summed E-state index contributed by atoms with van der Waals surface area (Å²) in [5.41, 5.74) is 0.659. The summed E-state index contributed by atoms with van der Waals surface area (Å²) < 4.78 is 18.4. The Bertz CT molecular complexity index is 742. The molecule has 0 aliphatic carbocycles. The number of esters is 1. The Morgan fingerprint density at radius 2 is 2.00 bits per heavy atom. The number of halogens is 1. The van der Waals surface area contributed by atoms with Crippen LogP contribution in [0, 0.1) is 5.82 Å². The van der Waals surface area contributed by atoms with Gasteiger partial charge in [-0.05, 0) is 30.7 Å². The van der Waals surface area contributed by atoms with Crippen molar-refractivity contribution in [2.75, 3.05) is 18.9 Å². The number of rotatable bonds is 8. The largest absolute Gasteiger partial charge is 0.452 e. The van der Waals surface area contributed by atoms with Crippen LogP contribution in [0.2, 0.25) is 0 Å². The van der Waals surface area contributed by atoms with Crippen LogP contribution in [0.15, 0.2) is 42.7 Å². The summed E-state index contributed by atoms with van der Waals surface area (Å²) >= 11 is 0. The normalized spacial score (nSPS) is 11.5. The molecule has 138 valence electrons. The maximum absolute atomic E-state index is 13.2. The van der Waals surface area contributed by atoms with Gasteiger partial charge in [0.25, 0.3) is 5.91 Å². The van der Waals surface area contributed by atoms with Gasteiger partial charge in [-0.1, -0.05) is 12.1 Å². The Labute approximate surface area is 151 Å². The summed E-state index contributed by atoms with van der Waals surface area (Å²) in [6, 6.07) is 7.69. The minimum atomic E-state index is -0.922. The van der Waals surface area contributed by atoms with E-state index in [9.17, 15) is 14.0 Å². The molecule has 0 aliphatic heterocycles. The average molecular weight is 360 g/mol. The van der Waals surface area contributed by atoms with Crippen molar-refractivity contribution in [3.05, 3.63) is 54.1 Å². The van der Waals surface area contributed by atoms with Crippen molar-refractivity contribution in [1.29, 1.82) is 0 Å². The fraction of sp³-hybridized carbons (Fsp3) is 0.333. The Kier molecular flexibility index (Phi) is 7.02. The van der Waals surface area contributed by atoms with Crippen LogP contribution in [0.5, 0.6) is 0 Å². The molecule has 1 aromatic carbocycles. The SMILES string of the molecule is CC(OC(=O)CCNc1ncccn1)C(=O)N(C)Cc1cccc(F)c1. The van der Waals surface area contributed by atoms with Gasteiger partial charge in [0.1, 0.15) is 5.82 Å². The lowest BCUT2D eigenvalue weighted by molar-refractivity contribution is -0.158. The number of carbonyl (C=O) groups excluding carboxylic acids is 2. The third kappa shape index (κ3) is 6.12. The molecule has 0 saturated carbocycles. The first-order chi connectivity index (χ1) is 12.5. The second-order valence-electron chi connectivity index (χ2n) is 5.71. The highest BCUT2D eigenvalue weighted by atomic mass is 19.1. The first-order valence-corrected chi connectivity index (χ1v) is 8.15. The van der Waals surface area contributed by atoms with Crippen LogP contribution in [-0.4, -0.2) is 46.4 Å². The van der Waals surface area contributed by atoms with Crippen molar-refractivity contribution in [2.24, 2.45) is 0 Å². The average Bonchev–Trinajstić information content (AvgIpc) is 2.62. The molecule has 0 fully saturated rings. The van der Waals surface area contributed by atoms with Gasteiger partial charge in [-0.25, -0.2) is 14.4 Å². The molecule has 0 bridgehead atoms. The van der Waals surface area contributed by atoms with E-state index >= 15 is 0 Å². The number of anilines is 1. The molecule has 7 nitrogen and oxygen atoms in total. The Balaban J connectivity index is 1.75. The maximum Gasteiger partial charge on any atom is 0.308 e. The first-order valence-electron chi connectivity index (χ1n) is 8.15. The Hall–Kier alpha value is -3.03. The van der Waals surface area contributed by atoms with Gasteiger partial charge in [-0.15, -0.1) is 0 Å². The molecule has 26 heavy (non-hydrogen) atoms. The molecular weight excluding hydrogens is 339 g/mol.